The molecule has 0 aliphatic carbocycles. The van der Waals surface area contributed by atoms with Crippen molar-refractivity contribution < 1.29 is 48.7 Å². The smallest absolute Gasteiger partial charge is 0.311 e. The summed E-state index contributed by atoms with van der Waals surface area (Å²) in [6.07, 6.45) is 6.04. The number of aliphatic hydroxyl groups is 3. The maximum atomic E-state index is 13.0. The lowest BCUT2D eigenvalue weighted by Gasteiger charge is -2.21. The van der Waals surface area contributed by atoms with E-state index in [-0.39, 0.29) is 93.7 Å². The van der Waals surface area contributed by atoms with E-state index < -0.39 is 18.2 Å². The van der Waals surface area contributed by atoms with Gasteiger partial charge in [-0.1, -0.05) is 58.9 Å². The molecule has 59 heavy (non-hydrogen) atoms. The number of aliphatic hydroxyl groups excluding tert-OH is 3. The van der Waals surface area contributed by atoms with Crippen LogP contribution in [0, 0.1) is 5.92 Å². The Morgan fingerprint density at radius 2 is 1.41 bits per heavy atom. The Bertz CT molecular complexity index is 1510. The molecule has 1 heterocycles. The van der Waals surface area contributed by atoms with Gasteiger partial charge in [0.15, 0.2) is 0 Å². The van der Waals surface area contributed by atoms with Crippen molar-refractivity contribution in [2.75, 3.05) is 39.5 Å². The number of aromatic nitrogens is 3. The number of hydrogen-bond donors (Lipinski definition) is 5. The van der Waals surface area contributed by atoms with E-state index in [9.17, 15) is 34.5 Å². The second-order valence-corrected chi connectivity index (χ2v) is 16.4. The predicted octanol–water partition coefficient (Wildman–Crippen LogP) is 4.71. The van der Waals surface area contributed by atoms with Gasteiger partial charge in [0, 0.05) is 51.0 Å². The summed E-state index contributed by atoms with van der Waals surface area (Å²) < 4.78 is 18.5. The highest BCUT2D eigenvalue weighted by molar-refractivity contribution is 5.84. The molecule has 0 bridgehead atoms. The lowest BCUT2D eigenvalue weighted by molar-refractivity contribution is -0.136. The number of Topliss-reactive ketones (excluding diaryl/α,β-unsaturated/α-hetero) is 1. The first-order valence-corrected chi connectivity index (χ1v) is 21.6. The van der Waals surface area contributed by atoms with E-state index in [4.69, 9.17) is 14.2 Å². The van der Waals surface area contributed by atoms with Crippen molar-refractivity contribution in [1.82, 2.24) is 25.6 Å². The van der Waals surface area contributed by atoms with Gasteiger partial charge in [-0.2, -0.15) is 0 Å². The molecule has 3 unspecified atom stereocenters. The maximum Gasteiger partial charge on any atom is 0.311 e. The Balaban J connectivity index is 1.74. The fourth-order valence-electron chi connectivity index (χ4n) is 6.16. The highest BCUT2D eigenvalue weighted by Gasteiger charge is 2.21. The van der Waals surface area contributed by atoms with Gasteiger partial charge < -0.3 is 40.2 Å². The summed E-state index contributed by atoms with van der Waals surface area (Å²) >= 11 is 0. The van der Waals surface area contributed by atoms with E-state index in [0.29, 0.717) is 57.4 Å². The molecule has 2 amide bonds. The van der Waals surface area contributed by atoms with Crippen molar-refractivity contribution in [3.8, 4) is 5.75 Å². The number of rotatable bonds is 32. The lowest BCUT2D eigenvalue weighted by Crippen LogP contribution is -2.35. The van der Waals surface area contributed by atoms with Gasteiger partial charge in [-0.15, -0.1) is 5.10 Å². The fourth-order valence-corrected chi connectivity index (χ4v) is 6.16. The Morgan fingerprint density at radius 3 is 2.03 bits per heavy atom. The fraction of sp³-hybridized carbons (Fsp3) is 0.727. The van der Waals surface area contributed by atoms with Crippen LogP contribution >= 0.6 is 0 Å². The molecule has 3 atom stereocenters. The van der Waals surface area contributed by atoms with Crippen LogP contribution in [0.5, 0.6) is 5.75 Å². The molecule has 15 heteroatoms. The minimum absolute atomic E-state index is 0.0219. The van der Waals surface area contributed by atoms with Gasteiger partial charge in [-0.25, -0.2) is 0 Å². The zero-order valence-electron chi connectivity index (χ0n) is 36.7. The lowest BCUT2D eigenvalue weighted by atomic mass is 9.90. The van der Waals surface area contributed by atoms with Crippen molar-refractivity contribution in [2.45, 2.75) is 162 Å². The second kappa shape index (κ2) is 28.7. The molecule has 1 aromatic heterocycles. The quantitative estimate of drug-likeness (QED) is 0.0386. The van der Waals surface area contributed by atoms with Gasteiger partial charge in [-0.05, 0) is 86.8 Å². The van der Waals surface area contributed by atoms with Crippen molar-refractivity contribution in [3.63, 3.8) is 0 Å². The van der Waals surface area contributed by atoms with Gasteiger partial charge >= 0.3 is 5.97 Å². The molecular formula is C44H73N5O10. The van der Waals surface area contributed by atoms with E-state index in [1.54, 1.807) is 11.6 Å². The van der Waals surface area contributed by atoms with Gasteiger partial charge in [0.1, 0.15) is 11.5 Å². The third kappa shape index (κ3) is 22.4. The average molecular weight is 832 g/mol. The van der Waals surface area contributed by atoms with Gasteiger partial charge in [0.2, 0.25) is 11.8 Å². The molecule has 0 aliphatic heterocycles. The van der Waals surface area contributed by atoms with E-state index >= 15 is 0 Å². The summed E-state index contributed by atoms with van der Waals surface area (Å²) in [6.45, 7) is 15.5. The van der Waals surface area contributed by atoms with Crippen molar-refractivity contribution >= 4 is 23.6 Å². The van der Waals surface area contributed by atoms with Crippen LogP contribution in [0.15, 0.2) is 18.3 Å². The highest BCUT2D eigenvalue weighted by Crippen LogP contribution is 2.36. The predicted molar refractivity (Wildman–Crippen MR) is 225 cm³/mol. The largest absolute Gasteiger partial charge is 0.426 e. The number of nitrogens with zero attached hydrogens (tertiary/aromatic N) is 3. The molecule has 0 spiro atoms. The third-order valence-corrected chi connectivity index (χ3v) is 9.71. The summed E-state index contributed by atoms with van der Waals surface area (Å²) in [7, 11) is 0. The van der Waals surface area contributed by atoms with Crippen LogP contribution in [0.4, 0.5) is 0 Å². The molecule has 2 rings (SSSR count). The van der Waals surface area contributed by atoms with E-state index in [1.807, 2.05) is 59.9 Å². The van der Waals surface area contributed by atoms with Crippen LogP contribution in [0.1, 0.15) is 147 Å². The Kier molecular flexibility index (Phi) is 25.0. The average Bonchev–Trinajstić information content (AvgIpc) is 3.63. The summed E-state index contributed by atoms with van der Waals surface area (Å²) in [6, 6.07) is 3.94. The number of benzene rings is 1. The highest BCUT2D eigenvalue weighted by atomic mass is 16.5. The maximum absolute atomic E-state index is 13.0. The minimum atomic E-state index is -0.887. The number of aryl methyl sites for hydroxylation is 3. The van der Waals surface area contributed by atoms with Crippen molar-refractivity contribution in [2.24, 2.45) is 5.92 Å². The second-order valence-electron chi connectivity index (χ2n) is 16.4. The number of unbranched alkanes of at least 4 members (excludes halogenated alkanes) is 1. The normalized spacial score (nSPS) is 13.2. The first kappa shape index (κ1) is 51.4. The molecule has 0 radical (unpaired) electrons. The van der Waals surface area contributed by atoms with E-state index in [0.717, 1.165) is 41.6 Å². The van der Waals surface area contributed by atoms with E-state index in [1.165, 1.54) is 0 Å². The standard InChI is InChI=1S/C44H73N5O10/c1-30(2)39-24-34(16-18-41(54)46-26-38(53)29-58-23-22-57-28-37(52)14-10-12-33(7)50)25-40(31(3)4)43(39)59-42(55)19-17-36(51)15-11-21-49-27-35(47-48-49)13-8-9-20-45-44(56)32(5)6/h24-25,27,30-33,37-38,50,52-53H,8-23,26,28-29H2,1-7H3,(H,45,56)(H,46,54). The van der Waals surface area contributed by atoms with Crippen LogP contribution in [-0.4, -0.2) is 112 Å². The Labute approximate surface area is 351 Å². The molecule has 1 aromatic carbocycles. The number of amides is 2. The molecular weight excluding hydrogens is 759 g/mol. The van der Waals surface area contributed by atoms with Crippen LogP contribution < -0.4 is 15.4 Å². The Morgan fingerprint density at radius 1 is 0.746 bits per heavy atom. The molecule has 5 N–H and O–H groups in total. The number of ether oxygens (including phenoxy) is 3. The summed E-state index contributed by atoms with van der Waals surface area (Å²) in [5.74, 6) is -0.0833. The van der Waals surface area contributed by atoms with Gasteiger partial charge in [0.05, 0.1) is 56.9 Å². The topological polar surface area (TPSA) is 211 Å². The third-order valence-electron chi connectivity index (χ3n) is 9.71. The molecule has 0 saturated heterocycles. The summed E-state index contributed by atoms with van der Waals surface area (Å²) in [4.78, 5) is 50.1. The molecule has 2 aromatic rings. The van der Waals surface area contributed by atoms with Crippen molar-refractivity contribution in [1.29, 1.82) is 0 Å². The summed E-state index contributed by atoms with van der Waals surface area (Å²) in [5, 5.41) is 43.5. The number of carbonyl (C=O) groups excluding carboxylic acids is 4. The number of ketones is 1. The van der Waals surface area contributed by atoms with Crippen LogP contribution in [0.25, 0.3) is 0 Å². The zero-order chi connectivity index (χ0) is 43.7. The molecule has 0 fully saturated rings. The Hall–Kier alpha value is -3.76. The number of esters is 1. The molecule has 0 aliphatic rings. The van der Waals surface area contributed by atoms with E-state index in [2.05, 4.69) is 20.9 Å². The molecule has 15 nitrogen and oxygen atoms in total. The van der Waals surface area contributed by atoms with Crippen LogP contribution in [0.2, 0.25) is 0 Å². The number of nitrogens with one attached hydrogen (secondary N) is 2. The minimum Gasteiger partial charge on any atom is -0.426 e. The van der Waals surface area contributed by atoms with Crippen molar-refractivity contribution in [3.05, 3.63) is 40.7 Å². The molecule has 0 saturated carbocycles. The monoisotopic (exact) mass is 832 g/mol. The SMILES string of the molecule is CC(O)CCCC(O)COCCOCC(O)CNC(=O)CCc1cc(C(C)C)c(OC(=O)CCC(=O)CCCn2cc(CCCCNC(=O)C(C)C)nn2)c(C(C)C)c1. The number of carbonyl (C=O) groups is 4. The van der Waals surface area contributed by atoms with Crippen LogP contribution in [0.3, 0.4) is 0 Å². The number of hydrogen-bond acceptors (Lipinski definition) is 12. The zero-order valence-corrected chi connectivity index (χ0v) is 36.7. The first-order chi connectivity index (χ1) is 28.0. The molecule has 334 valence electrons. The van der Waals surface area contributed by atoms with Gasteiger partial charge in [-0.3, -0.25) is 23.9 Å². The van der Waals surface area contributed by atoms with Crippen LogP contribution in [-0.2, 0) is 48.0 Å². The van der Waals surface area contributed by atoms with Gasteiger partial charge in [0.25, 0.3) is 0 Å². The first-order valence-electron chi connectivity index (χ1n) is 21.6. The summed E-state index contributed by atoms with van der Waals surface area (Å²) in [5.41, 5.74) is 3.53.